The maximum absolute atomic E-state index is 15.6. The van der Waals surface area contributed by atoms with Crippen molar-refractivity contribution in [3.05, 3.63) is 83.0 Å². The fraction of sp³-hybridized carbons (Fsp3) is 0.476. The van der Waals surface area contributed by atoms with Crippen molar-refractivity contribution in [3.8, 4) is 22.8 Å². The maximum Gasteiger partial charge on any atom is 0.417 e. The number of aromatic nitrogens is 10. The number of hydrogen-bond acceptors (Lipinski definition) is 12. The molecule has 4 amide bonds. The molecule has 2 aromatic carbocycles. The van der Waals surface area contributed by atoms with Crippen LogP contribution in [0.1, 0.15) is 93.8 Å². The summed E-state index contributed by atoms with van der Waals surface area (Å²) in [5.74, 6) is -0.286. The highest BCUT2D eigenvalue weighted by molar-refractivity contribution is 6.33. The van der Waals surface area contributed by atoms with Crippen molar-refractivity contribution in [2.24, 2.45) is 25.9 Å². The van der Waals surface area contributed by atoms with E-state index in [1.165, 1.54) is 18.1 Å². The van der Waals surface area contributed by atoms with Crippen LogP contribution in [0.4, 0.5) is 38.5 Å². The molecule has 10 rings (SSSR count). The second-order valence-corrected chi connectivity index (χ2v) is 18.4. The van der Waals surface area contributed by atoms with Crippen molar-refractivity contribution < 1.29 is 36.0 Å². The first-order valence-electron chi connectivity index (χ1n) is 21.2. The molecule has 2 aliphatic carbocycles. The van der Waals surface area contributed by atoms with E-state index >= 15 is 4.39 Å². The summed E-state index contributed by atoms with van der Waals surface area (Å²) in [4.78, 5) is 40.6. The molecule has 0 spiro atoms. The van der Waals surface area contributed by atoms with Crippen molar-refractivity contribution in [3.63, 3.8) is 0 Å². The van der Waals surface area contributed by atoms with E-state index in [0.29, 0.717) is 84.9 Å². The molecule has 0 radical (unpaired) electrons. The van der Waals surface area contributed by atoms with Crippen molar-refractivity contribution in [1.29, 1.82) is 0 Å². The van der Waals surface area contributed by atoms with Crippen LogP contribution in [0.3, 0.4) is 0 Å². The summed E-state index contributed by atoms with van der Waals surface area (Å²) in [6, 6.07) is 4.36. The Bertz CT molecular complexity index is 2840. The van der Waals surface area contributed by atoms with Crippen LogP contribution in [-0.4, -0.2) is 83.9 Å². The second kappa shape index (κ2) is 15.3. The smallest absolute Gasteiger partial charge is 0.417 e. The number of rotatable bonds is 7. The third-order valence-electron chi connectivity index (χ3n) is 13.3. The molecule has 2 N–H and O–H groups in total. The fourth-order valence-electron chi connectivity index (χ4n) is 10.5. The molecule has 4 aromatic heterocycles. The van der Waals surface area contributed by atoms with Gasteiger partial charge in [-0.05, 0) is 74.3 Å². The quantitative estimate of drug-likeness (QED) is 0.146. The number of fused-ring (bicyclic) bond motifs is 4. The van der Waals surface area contributed by atoms with Gasteiger partial charge in [0.2, 0.25) is 23.6 Å². The SMILES string of the molecule is Cc1nnc(C23CC(C)CC(c4nnc([C@@]56CC[C@H](C)C[C@@H](C5)N6C(=O)Nc5cc(-c6ncn(C)n6)c(C(F)(F)F)cc5F)o4)C(C2)N3C(=O)Nc2ccc(Cl)c(-c3ncn(C)n3)c2)o1. The summed E-state index contributed by atoms with van der Waals surface area (Å²) in [6.07, 6.45) is 1.59. The molecule has 4 fully saturated rings. The first kappa shape index (κ1) is 42.5. The van der Waals surface area contributed by atoms with E-state index in [9.17, 15) is 22.8 Å². The molecular formula is C42H43ClF4N14O4. The number of likely N-dealkylation sites (tertiary alicyclic amines) is 2. The van der Waals surface area contributed by atoms with Gasteiger partial charge in [-0.3, -0.25) is 9.36 Å². The zero-order valence-corrected chi connectivity index (χ0v) is 36.5. The largest absolute Gasteiger partial charge is 0.423 e. The number of nitrogens with one attached hydrogen (secondary N) is 2. The standard InChI is InChI=1S/C42H43ClF4N14O4/c1-20-8-9-40(16-24(10-20)60(40)39(63)51-31-13-25(33-48-18-58(4)56-33)28(14-30(31)44)42(45,46)47)36-55-53-35(65-36)27-11-21(2)15-41(37-54-52-22(3)64-37)17-32(27)61(41)38(62)50-23-6-7-29(43)26(12-23)34-49-19-59(5)57-34/h6-7,12-14,18-21,24,27,32H,8-11,15-17H2,1-5H3,(H,50,62)(H,51,63)/t20-,21?,24-,27?,32?,40+,41?/m0/s1. The highest BCUT2D eigenvalue weighted by Gasteiger charge is 2.65. The number of aryl methyl sites for hydroxylation is 3. The highest BCUT2D eigenvalue weighted by Crippen LogP contribution is 2.59. The number of urea groups is 2. The first-order chi connectivity index (χ1) is 30.9. The normalized spacial score (nSPS) is 26.2. The number of nitrogens with zero attached hydrogens (tertiary/aromatic N) is 12. The van der Waals surface area contributed by atoms with E-state index in [1.807, 2.05) is 0 Å². The number of alkyl halides is 3. The first-order valence-corrected chi connectivity index (χ1v) is 21.6. The zero-order chi connectivity index (χ0) is 45.7. The van der Waals surface area contributed by atoms with Crippen LogP contribution in [0.15, 0.2) is 51.8 Å². The van der Waals surface area contributed by atoms with Crippen molar-refractivity contribution in [2.75, 3.05) is 10.6 Å². The van der Waals surface area contributed by atoms with Crippen LogP contribution < -0.4 is 10.6 Å². The van der Waals surface area contributed by atoms with Gasteiger partial charge in [0.15, 0.2) is 11.6 Å². The summed E-state index contributed by atoms with van der Waals surface area (Å²) in [6.45, 7) is 5.84. The molecule has 2 aliphatic heterocycles. The Labute approximate surface area is 373 Å². The number of carbonyl (C=O) groups is 2. The zero-order valence-electron chi connectivity index (χ0n) is 35.8. The molecule has 2 saturated heterocycles. The maximum atomic E-state index is 15.6. The molecule has 7 atom stereocenters. The van der Waals surface area contributed by atoms with Gasteiger partial charge in [-0.2, -0.15) is 23.4 Å². The van der Waals surface area contributed by atoms with Gasteiger partial charge in [-0.15, -0.1) is 20.4 Å². The van der Waals surface area contributed by atoms with E-state index in [-0.39, 0.29) is 35.5 Å². The number of benzene rings is 2. The van der Waals surface area contributed by atoms with Crippen LogP contribution in [0.2, 0.25) is 5.02 Å². The Hall–Kier alpha value is -6.45. The minimum Gasteiger partial charge on any atom is -0.423 e. The van der Waals surface area contributed by atoms with Gasteiger partial charge in [0.25, 0.3) is 0 Å². The molecule has 6 heterocycles. The van der Waals surface area contributed by atoms with E-state index in [4.69, 9.17) is 20.4 Å². The predicted molar refractivity (Wildman–Crippen MR) is 222 cm³/mol. The average Bonchev–Trinajstić information content (AvgIpc) is 4.02. The topological polar surface area (TPSA) is 204 Å². The molecular weight excluding hydrogens is 876 g/mol. The number of amides is 4. The van der Waals surface area contributed by atoms with Gasteiger partial charge < -0.3 is 29.3 Å². The molecule has 340 valence electrons. The average molecular weight is 919 g/mol. The van der Waals surface area contributed by atoms with Crippen molar-refractivity contribution in [2.45, 2.75) is 101 Å². The summed E-state index contributed by atoms with van der Waals surface area (Å²) in [7, 11) is 3.23. The van der Waals surface area contributed by atoms with E-state index in [0.717, 1.165) is 6.07 Å². The molecule has 6 aromatic rings. The molecule has 4 aliphatic rings. The number of anilines is 2. The highest BCUT2D eigenvalue weighted by atomic mass is 35.5. The van der Waals surface area contributed by atoms with E-state index in [1.54, 1.807) is 53.0 Å². The Morgan fingerprint density at radius 1 is 0.815 bits per heavy atom. The van der Waals surface area contributed by atoms with Gasteiger partial charge in [-0.1, -0.05) is 25.4 Å². The summed E-state index contributed by atoms with van der Waals surface area (Å²) in [5.41, 5.74) is -3.30. The fourth-order valence-corrected chi connectivity index (χ4v) is 10.7. The lowest BCUT2D eigenvalue weighted by molar-refractivity contribution is -0.137. The Balaban J connectivity index is 0.962. The van der Waals surface area contributed by atoms with Crippen LogP contribution in [0.5, 0.6) is 0 Å². The Morgan fingerprint density at radius 3 is 2.18 bits per heavy atom. The van der Waals surface area contributed by atoms with Crippen LogP contribution in [0.25, 0.3) is 22.8 Å². The van der Waals surface area contributed by atoms with Crippen molar-refractivity contribution >= 4 is 35.0 Å². The lowest BCUT2D eigenvalue weighted by Gasteiger charge is -2.56. The third kappa shape index (κ3) is 7.15. The monoisotopic (exact) mass is 918 g/mol. The third-order valence-corrected chi connectivity index (χ3v) is 13.7. The lowest BCUT2D eigenvalue weighted by atomic mass is 9.73. The van der Waals surface area contributed by atoms with Gasteiger partial charge in [0, 0.05) is 62.8 Å². The Morgan fingerprint density at radius 2 is 1.51 bits per heavy atom. The van der Waals surface area contributed by atoms with Gasteiger partial charge >= 0.3 is 18.2 Å². The van der Waals surface area contributed by atoms with Crippen molar-refractivity contribution in [1.82, 2.24) is 59.7 Å². The van der Waals surface area contributed by atoms with Gasteiger partial charge in [0.1, 0.15) is 29.5 Å². The summed E-state index contributed by atoms with van der Waals surface area (Å²) >= 11 is 6.54. The Kier molecular flexibility index (Phi) is 10.0. The predicted octanol–water partition coefficient (Wildman–Crippen LogP) is 8.20. The number of carbonyl (C=O) groups excluding carboxylic acids is 2. The van der Waals surface area contributed by atoms with Crippen LogP contribution in [-0.2, 0) is 31.3 Å². The van der Waals surface area contributed by atoms with Gasteiger partial charge in [-0.25, -0.2) is 23.9 Å². The molecule has 4 bridgehead atoms. The number of hydrogen-bond donors (Lipinski definition) is 2. The summed E-state index contributed by atoms with van der Waals surface area (Å²) < 4.78 is 73.4. The number of halogens is 5. The minimum absolute atomic E-state index is 0.000203. The molecule has 18 nitrogen and oxygen atoms in total. The van der Waals surface area contributed by atoms with E-state index in [2.05, 4.69) is 65.0 Å². The lowest BCUT2D eigenvalue weighted by Crippen LogP contribution is -2.67. The van der Waals surface area contributed by atoms with Crippen LogP contribution in [0, 0.1) is 24.6 Å². The summed E-state index contributed by atoms with van der Waals surface area (Å²) in [5, 5.41) is 32.1. The second-order valence-electron chi connectivity index (χ2n) is 17.9. The molecule has 65 heavy (non-hydrogen) atoms. The molecule has 2 saturated carbocycles. The van der Waals surface area contributed by atoms with Crippen LogP contribution >= 0.6 is 11.6 Å². The molecule has 4 unspecified atom stereocenters. The van der Waals surface area contributed by atoms with Gasteiger partial charge in [0.05, 0.1) is 22.2 Å². The van der Waals surface area contributed by atoms with E-state index < -0.39 is 63.9 Å². The minimum atomic E-state index is -4.93. The molecule has 23 heteroatoms.